The Morgan fingerprint density at radius 2 is 2.00 bits per heavy atom. The number of hydrogen-bond donors (Lipinski definition) is 1. The lowest BCUT2D eigenvalue weighted by Gasteiger charge is -2.16. The van der Waals surface area contributed by atoms with Gasteiger partial charge in [-0.1, -0.05) is 36.4 Å². The van der Waals surface area contributed by atoms with Crippen LogP contribution < -0.4 is 10.5 Å². The van der Waals surface area contributed by atoms with E-state index < -0.39 is 0 Å². The second kappa shape index (κ2) is 6.39. The lowest BCUT2D eigenvalue weighted by Crippen LogP contribution is -2.16. The molecule has 0 saturated carbocycles. The molecule has 0 spiro atoms. The van der Waals surface area contributed by atoms with Crippen molar-refractivity contribution in [1.29, 1.82) is 0 Å². The largest absolute Gasteiger partial charge is 0.481 e. The molecule has 20 heavy (non-hydrogen) atoms. The topological polar surface area (TPSA) is 61.5 Å². The van der Waals surface area contributed by atoms with Crippen LogP contribution in [0.4, 0.5) is 0 Å². The van der Waals surface area contributed by atoms with Gasteiger partial charge in [-0.15, -0.1) is 0 Å². The van der Waals surface area contributed by atoms with Gasteiger partial charge >= 0.3 is 5.97 Å². The van der Waals surface area contributed by atoms with Crippen molar-refractivity contribution in [3.05, 3.63) is 42.0 Å². The Morgan fingerprint density at radius 1 is 1.25 bits per heavy atom. The Morgan fingerprint density at radius 3 is 2.70 bits per heavy atom. The van der Waals surface area contributed by atoms with Crippen LogP contribution in [0.2, 0.25) is 0 Å². The van der Waals surface area contributed by atoms with E-state index in [1.807, 2.05) is 43.3 Å². The summed E-state index contributed by atoms with van der Waals surface area (Å²) < 4.78 is 10.6. The zero-order valence-corrected chi connectivity index (χ0v) is 11.8. The van der Waals surface area contributed by atoms with Gasteiger partial charge in [-0.25, -0.2) is 4.79 Å². The lowest BCUT2D eigenvalue weighted by atomic mass is 10.0. The van der Waals surface area contributed by atoms with E-state index in [2.05, 4.69) is 0 Å². The minimum atomic E-state index is -0.379. The molecule has 0 bridgehead atoms. The van der Waals surface area contributed by atoms with Crippen LogP contribution in [0.1, 0.15) is 25.5 Å². The van der Waals surface area contributed by atoms with Gasteiger partial charge in [-0.2, -0.15) is 0 Å². The summed E-state index contributed by atoms with van der Waals surface area (Å²) in [6.45, 7) is 3.89. The van der Waals surface area contributed by atoms with Gasteiger partial charge in [-0.05, 0) is 19.2 Å². The highest BCUT2D eigenvalue weighted by atomic mass is 16.6. The molecule has 0 aliphatic rings. The van der Waals surface area contributed by atoms with Crippen molar-refractivity contribution in [2.45, 2.75) is 19.9 Å². The quantitative estimate of drug-likeness (QED) is 0.851. The Hall–Kier alpha value is -2.07. The molecular formula is C16H19NO3. The number of hydrogen-bond acceptors (Lipinski definition) is 4. The predicted molar refractivity (Wildman–Crippen MR) is 78.7 cm³/mol. The maximum atomic E-state index is 11.5. The van der Waals surface area contributed by atoms with Gasteiger partial charge in [0, 0.05) is 17.0 Å². The molecule has 2 N–H and O–H groups in total. The van der Waals surface area contributed by atoms with Gasteiger partial charge in [0.1, 0.15) is 5.75 Å². The molecule has 0 aromatic heterocycles. The molecule has 4 nitrogen and oxygen atoms in total. The Balaban J connectivity index is 2.37. The normalized spacial score (nSPS) is 12.2. The van der Waals surface area contributed by atoms with Crippen LogP contribution in [0.25, 0.3) is 10.8 Å². The zero-order chi connectivity index (χ0) is 14.5. The van der Waals surface area contributed by atoms with E-state index in [1.165, 1.54) is 0 Å². The van der Waals surface area contributed by atoms with Gasteiger partial charge in [0.25, 0.3) is 0 Å². The molecular weight excluding hydrogens is 254 g/mol. The van der Waals surface area contributed by atoms with Gasteiger partial charge in [0.2, 0.25) is 0 Å². The van der Waals surface area contributed by atoms with E-state index in [0.29, 0.717) is 12.4 Å². The molecule has 4 heteroatoms. The summed E-state index contributed by atoms with van der Waals surface area (Å²) in [7, 11) is 0. The molecule has 2 aromatic carbocycles. The van der Waals surface area contributed by atoms with E-state index in [-0.39, 0.29) is 18.6 Å². The highest BCUT2D eigenvalue weighted by molar-refractivity contribution is 5.90. The van der Waals surface area contributed by atoms with E-state index in [9.17, 15) is 4.79 Å². The lowest BCUT2D eigenvalue weighted by molar-refractivity contribution is -0.145. The van der Waals surface area contributed by atoms with E-state index in [4.69, 9.17) is 15.2 Å². The number of carbonyl (C=O) groups excluding carboxylic acids is 1. The van der Waals surface area contributed by atoms with Gasteiger partial charge in [0.15, 0.2) is 6.61 Å². The third kappa shape index (κ3) is 3.08. The number of fused-ring (bicyclic) bond motifs is 1. The molecule has 0 heterocycles. The molecule has 1 atom stereocenters. The van der Waals surface area contributed by atoms with E-state index in [1.54, 1.807) is 6.92 Å². The minimum absolute atomic E-state index is 0.110. The maximum Gasteiger partial charge on any atom is 0.344 e. The molecule has 0 amide bonds. The fourth-order valence-corrected chi connectivity index (χ4v) is 2.11. The van der Waals surface area contributed by atoms with Crippen LogP contribution >= 0.6 is 0 Å². The van der Waals surface area contributed by atoms with Crippen molar-refractivity contribution in [1.82, 2.24) is 0 Å². The first-order chi connectivity index (χ1) is 9.63. The number of nitrogens with two attached hydrogens (primary N) is 1. The van der Waals surface area contributed by atoms with Crippen LogP contribution in [0.15, 0.2) is 36.4 Å². The van der Waals surface area contributed by atoms with Crippen LogP contribution in [0, 0.1) is 0 Å². The zero-order valence-electron chi connectivity index (χ0n) is 11.8. The van der Waals surface area contributed by atoms with E-state index in [0.717, 1.165) is 16.3 Å². The summed E-state index contributed by atoms with van der Waals surface area (Å²) >= 11 is 0. The molecule has 0 unspecified atom stereocenters. The highest BCUT2D eigenvalue weighted by Gasteiger charge is 2.14. The Bertz CT molecular complexity index is 608. The van der Waals surface area contributed by atoms with Gasteiger partial charge in [-0.3, -0.25) is 0 Å². The number of rotatable bonds is 5. The average molecular weight is 273 g/mol. The van der Waals surface area contributed by atoms with Crippen molar-refractivity contribution >= 4 is 16.7 Å². The van der Waals surface area contributed by atoms with Crippen molar-refractivity contribution in [2.75, 3.05) is 13.2 Å². The highest BCUT2D eigenvalue weighted by Crippen LogP contribution is 2.32. The molecule has 2 aromatic rings. The Labute approximate surface area is 118 Å². The molecule has 0 radical (unpaired) electrons. The monoisotopic (exact) mass is 273 g/mol. The molecule has 106 valence electrons. The SMILES string of the molecule is CCOC(=O)COc1c([C@H](C)N)ccc2ccccc12. The number of ether oxygens (including phenoxy) is 2. The number of esters is 1. The number of carbonyl (C=O) groups is 1. The predicted octanol–water partition coefficient (Wildman–Crippen LogP) is 2.80. The second-order valence-electron chi connectivity index (χ2n) is 4.59. The van der Waals surface area contributed by atoms with Crippen LogP contribution in [-0.2, 0) is 9.53 Å². The maximum absolute atomic E-state index is 11.5. The van der Waals surface area contributed by atoms with Crippen LogP contribution in [0.3, 0.4) is 0 Å². The van der Waals surface area contributed by atoms with Crippen LogP contribution in [-0.4, -0.2) is 19.2 Å². The first-order valence-electron chi connectivity index (χ1n) is 6.69. The summed E-state index contributed by atoms with van der Waals surface area (Å²) in [5, 5.41) is 2.00. The summed E-state index contributed by atoms with van der Waals surface area (Å²) in [6, 6.07) is 11.6. The van der Waals surface area contributed by atoms with Crippen molar-refractivity contribution in [3.8, 4) is 5.75 Å². The molecule has 0 fully saturated rings. The third-order valence-electron chi connectivity index (χ3n) is 3.04. The van der Waals surface area contributed by atoms with E-state index >= 15 is 0 Å². The third-order valence-corrected chi connectivity index (χ3v) is 3.04. The first-order valence-corrected chi connectivity index (χ1v) is 6.69. The first kappa shape index (κ1) is 14.3. The molecule has 0 saturated heterocycles. The molecule has 0 aliphatic carbocycles. The number of benzene rings is 2. The smallest absolute Gasteiger partial charge is 0.344 e. The summed E-state index contributed by atoms with van der Waals surface area (Å²) in [4.78, 5) is 11.5. The summed E-state index contributed by atoms with van der Waals surface area (Å²) in [5.41, 5.74) is 6.86. The fraction of sp³-hybridized carbons (Fsp3) is 0.312. The fourth-order valence-electron chi connectivity index (χ4n) is 2.11. The average Bonchev–Trinajstić information content (AvgIpc) is 2.44. The van der Waals surface area contributed by atoms with Crippen molar-refractivity contribution < 1.29 is 14.3 Å². The van der Waals surface area contributed by atoms with Crippen molar-refractivity contribution in [2.24, 2.45) is 5.73 Å². The van der Waals surface area contributed by atoms with Crippen LogP contribution in [0.5, 0.6) is 5.75 Å². The van der Waals surface area contributed by atoms with Crippen molar-refractivity contribution in [3.63, 3.8) is 0 Å². The summed E-state index contributed by atoms with van der Waals surface area (Å²) in [6.07, 6.45) is 0. The van der Waals surface area contributed by atoms with Gasteiger partial charge in [0.05, 0.1) is 6.61 Å². The molecule has 0 aliphatic heterocycles. The standard InChI is InChI=1S/C16H19NO3/c1-3-19-15(18)10-20-16-13(11(2)17)9-8-12-6-4-5-7-14(12)16/h4-9,11H,3,10,17H2,1-2H3/t11-/m0/s1. The second-order valence-corrected chi connectivity index (χ2v) is 4.59. The molecule has 2 rings (SSSR count). The Kier molecular flexibility index (Phi) is 4.58. The van der Waals surface area contributed by atoms with Gasteiger partial charge < -0.3 is 15.2 Å². The summed E-state index contributed by atoms with van der Waals surface area (Å²) in [5.74, 6) is 0.280. The minimum Gasteiger partial charge on any atom is -0.481 e.